The van der Waals surface area contributed by atoms with Crippen molar-refractivity contribution in [3.63, 3.8) is 0 Å². The molecule has 1 unspecified atom stereocenters. The number of sulfonamides is 1. The fraction of sp³-hybridized carbons (Fsp3) is 0.261. The van der Waals surface area contributed by atoms with Gasteiger partial charge in [0.05, 0.1) is 4.90 Å². The molecule has 3 aromatic carbocycles. The van der Waals surface area contributed by atoms with E-state index in [0.717, 1.165) is 10.8 Å². The first-order chi connectivity index (χ1) is 14.4. The Morgan fingerprint density at radius 2 is 1.50 bits per heavy atom. The third-order valence-electron chi connectivity index (χ3n) is 5.31. The highest BCUT2D eigenvalue weighted by Gasteiger charge is 2.32. The zero-order valence-corrected chi connectivity index (χ0v) is 17.6. The van der Waals surface area contributed by atoms with E-state index in [1.165, 1.54) is 4.31 Å². The number of amides is 1. The minimum absolute atomic E-state index is 0.137. The molecule has 0 saturated carbocycles. The molecule has 0 spiro atoms. The topological polar surface area (TPSA) is 66.9 Å². The zero-order valence-electron chi connectivity index (χ0n) is 16.8. The molecule has 30 heavy (non-hydrogen) atoms. The molecular weight excluding hydrogens is 400 g/mol. The summed E-state index contributed by atoms with van der Waals surface area (Å²) in [5.41, 5.74) is 0. The van der Waals surface area contributed by atoms with Crippen LogP contribution in [0.3, 0.4) is 0 Å². The van der Waals surface area contributed by atoms with Crippen LogP contribution in [0.2, 0.25) is 0 Å². The molecule has 0 radical (unpaired) electrons. The van der Waals surface area contributed by atoms with E-state index in [1.54, 1.807) is 36.1 Å². The van der Waals surface area contributed by atoms with E-state index in [2.05, 4.69) is 0 Å². The number of rotatable bonds is 5. The van der Waals surface area contributed by atoms with Gasteiger partial charge in [0.2, 0.25) is 10.0 Å². The van der Waals surface area contributed by atoms with Crippen molar-refractivity contribution in [3.05, 3.63) is 72.8 Å². The molecule has 3 aromatic rings. The first-order valence-corrected chi connectivity index (χ1v) is 11.4. The number of hydrogen-bond donors (Lipinski definition) is 0. The maximum Gasteiger partial charge on any atom is 0.263 e. The van der Waals surface area contributed by atoms with Gasteiger partial charge in [-0.05, 0) is 42.0 Å². The predicted octanol–water partition coefficient (Wildman–Crippen LogP) is 3.14. The molecular formula is C23H24N2O4S. The summed E-state index contributed by atoms with van der Waals surface area (Å²) in [5.74, 6) is 0.498. The van der Waals surface area contributed by atoms with Crippen LogP contribution < -0.4 is 4.74 Å². The second-order valence-electron chi connectivity index (χ2n) is 7.31. The molecule has 6 nitrogen and oxygen atoms in total. The molecule has 0 N–H and O–H groups in total. The lowest BCUT2D eigenvalue weighted by molar-refractivity contribution is -0.139. The molecule has 1 aliphatic rings. The van der Waals surface area contributed by atoms with Gasteiger partial charge < -0.3 is 9.64 Å². The smallest absolute Gasteiger partial charge is 0.263 e. The normalized spacial score (nSPS) is 16.4. The fourth-order valence-electron chi connectivity index (χ4n) is 3.64. The molecule has 0 bridgehead atoms. The number of hydrogen-bond acceptors (Lipinski definition) is 4. The van der Waals surface area contributed by atoms with Gasteiger partial charge in [0, 0.05) is 26.2 Å². The molecule has 0 aliphatic carbocycles. The number of para-hydroxylation sites is 1. The van der Waals surface area contributed by atoms with Gasteiger partial charge in [0.25, 0.3) is 5.91 Å². The first kappa shape index (κ1) is 20.4. The van der Waals surface area contributed by atoms with E-state index in [1.807, 2.05) is 48.5 Å². The summed E-state index contributed by atoms with van der Waals surface area (Å²) in [6.07, 6.45) is -0.629. The first-order valence-electron chi connectivity index (χ1n) is 9.94. The van der Waals surface area contributed by atoms with Crippen molar-refractivity contribution in [2.24, 2.45) is 0 Å². The van der Waals surface area contributed by atoms with Crippen LogP contribution in [0.5, 0.6) is 5.75 Å². The van der Waals surface area contributed by atoms with Gasteiger partial charge in [-0.3, -0.25) is 4.79 Å². The summed E-state index contributed by atoms with van der Waals surface area (Å²) in [7, 11) is -3.61. The van der Waals surface area contributed by atoms with Crippen LogP contribution in [0.1, 0.15) is 6.92 Å². The van der Waals surface area contributed by atoms with Crippen LogP contribution in [0.4, 0.5) is 0 Å². The van der Waals surface area contributed by atoms with Gasteiger partial charge in [0.1, 0.15) is 5.75 Å². The van der Waals surface area contributed by atoms with Gasteiger partial charge in [-0.1, -0.05) is 48.5 Å². The molecule has 1 atom stereocenters. The molecule has 1 saturated heterocycles. The molecule has 1 heterocycles. The second kappa shape index (κ2) is 8.45. The predicted molar refractivity (Wildman–Crippen MR) is 116 cm³/mol. The highest BCUT2D eigenvalue weighted by molar-refractivity contribution is 7.89. The van der Waals surface area contributed by atoms with Crippen molar-refractivity contribution < 1.29 is 17.9 Å². The molecule has 7 heteroatoms. The van der Waals surface area contributed by atoms with Crippen LogP contribution in [0, 0.1) is 0 Å². The van der Waals surface area contributed by atoms with Crippen LogP contribution in [0.25, 0.3) is 10.8 Å². The SMILES string of the molecule is CC(Oc1ccccc1)C(=O)N1CCN(S(=O)(=O)c2ccc3ccccc3c2)CC1. The third kappa shape index (κ3) is 4.17. The molecule has 1 aliphatic heterocycles. The fourth-order valence-corrected chi connectivity index (χ4v) is 5.09. The van der Waals surface area contributed by atoms with Crippen LogP contribution in [-0.4, -0.2) is 55.8 Å². The number of benzene rings is 3. The van der Waals surface area contributed by atoms with Crippen LogP contribution in [0.15, 0.2) is 77.7 Å². The van der Waals surface area contributed by atoms with Gasteiger partial charge in [-0.25, -0.2) is 8.42 Å². The van der Waals surface area contributed by atoms with Crippen molar-refractivity contribution >= 4 is 26.7 Å². The summed E-state index contributed by atoms with van der Waals surface area (Å²) in [4.78, 5) is 14.7. The Bertz CT molecular complexity index is 1140. The standard InChI is InChI=1S/C23H24N2O4S/c1-18(29-21-9-3-2-4-10-21)23(26)24-13-15-25(16-14-24)30(27,28)22-12-11-19-7-5-6-8-20(19)17-22/h2-12,17-18H,13-16H2,1H3. The molecule has 0 aromatic heterocycles. The van der Waals surface area contributed by atoms with E-state index in [-0.39, 0.29) is 23.9 Å². The Hall–Kier alpha value is -2.90. The highest BCUT2D eigenvalue weighted by Crippen LogP contribution is 2.23. The van der Waals surface area contributed by atoms with Gasteiger partial charge >= 0.3 is 0 Å². The minimum Gasteiger partial charge on any atom is -0.481 e. The second-order valence-corrected chi connectivity index (χ2v) is 9.25. The van der Waals surface area contributed by atoms with Crippen molar-refractivity contribution in [3.8, 4) is 5.75 Å². The number of piperazine rings is 1. The Labute approximate surface area is 176 Å². The maximum atomic E-state index is 13.1. The molecule has 156 valence electrons. The minimum atomic E-state index is -3.61. The highest BCUT2D eigenvalue weighted by atomic mass is 32.2. The van der Waals surface area contributed by atoms with Gasteiger partial charge in [0.15, 0.2) is 6.10 Å². The van der Waals surface area contributed by atoms with Crippen molar-refractivity contribution in [2.45, 2.75) is 17.9 Å². The van der Waals surface area contributed by atoms with Crippen molar-refractivity contribution in [2.75, 3.05) is 26.2 Å². The Morgan fingerprint density at radius 1 is 0.867 bits per heavy atom. The Kier molecular flexibility index (Phi) is 5.74. The zero-order chi connectivity index (χ0) is 21.1. The number of carbonyl (C=O) groups excluding carboxylic acids is 1. The van der Waals surface area contributed by atoms with Crippen LogP contribution in [-0.2, 0) is 14.8 Å². The average Bonchev–Trinajstić information content (AvgIpc) is 2.79. The molecule has 4 rings (SSSR count). The number of ether oxygens (including phenoxy) is 1. The van der Waals surface area contributed by atoms with E-state index in [9.17, 15) is 13.2 Å². The summed E-state index contributed by atoms with van der Waals surface area (Å²) in [6, 6.07) is 22.0. The van der Waals surface area contributed by atoms with E-state index in [4.69, 9.17) is 4.74 Å². The Balaban J connectivity index is 1.41. The monoisotopic (exact) mass is 424 g/mol. The Morgan fingerprint density at radius 3 is 2.20 bits per heavy atom. The molecule has 1 amide bonds. The lowest BCUT2D eigenvalue weighted by Gasteiger charge is -2.35. The number of carbonyl (C=O) groups is 1. The van der Waals surface area contributed by atoms with Crippen molar-refractivity contribution in [1.29, 1.82) is 0 Å². The van der Waals surface area contributed by atoms with E-state index >= 15 is 0 Å². The lowest BCUT2D eigenvalue weighted by Crippen LogP contribution is -2.53. The quantitative estimate of drug-likeness (QED) is 0.631. The lowest BCUT2D eigenvalue weighted by atomic mass is 10.1. The summed E-state index contributed by atoms with van der Waals surface area (Å²) < 4.78 is 33.3. The van der Waals surface area contributed by atoms with E-state index in [0.29, 0.717) is 18.8 Å². The average molecular weight is 425 g/mol. The van der Waals surface area contributed by atoms with Gasteiger partial charge in [-0.15, -0.1) is 0 Å². The largest absolute Gasteiger partial charge is 0.481 e. The number of nitrogens with zero attached hydrogens (tertiary/aromatic N) is 2. The van der Waals surface area contributed by atoms with Crippen LogP contribution >= 0.6 is 0 Å². The summed E-state index contributed by atoms with van der Waals surface area (Å²) >= 11 is 0. The summed E-state index contributed by atoms with van der Waals surface area (Å²) in [6.45, 7) is 2.92. The maximum absolute atomic E-state index is 13.1. The number of fused-ring (bicyclic) bond motifs is 1. The van der Waals surface area contributed by atoms with Crippen molar-refractivity contribution in [1.82, 2.24) is 9.21 Å². The summed E-state index contributed by atoms with van der Waals surface area (Å²) in [5, 5.41) is 1.89. The molecule has 1 fully saturated rings. The van der Waals surface area contributed by atoms with Gasteiger partial charge in [-0.2, -0.15) is 4.31 Å². The third-order valence-corrected chi connectivity index (χ3v) is 7.21. The van der Waals surface area contributed by atoms with E-state index < -0.39 is 16.1 Å².